The molecule has 0 N–H and O–H groups in total. The predicted molar refractivity (Wildman–Crippen MR) is 261 cm³/mol. The van der Waals surface area contributed by atoms with Crippen LogP contribution in [0.2, 0.25) is 0 Å². The molecule has 2 nitrogen and oxygen atoms in total. The minimum Gasteiger partial charge on any atom is -0.310 e. The summed E-state index contributed by atoms with van der Waals surface area (Å²) in [6.45, 7) is 0. The molecule has 0 saturated heterocycles. The topological polar surface area (TPSA) is 6.48 Å². The second kappa shape index (κ2) is 14.1. The van der Waals surface area contributed by atoms with Gasteiger partial charge in [-0.2, -0.15) is 0 Å². The van der Waals surface area contributed by atoms with Crippen molar-refractivity contribution in [3.8, 4) is 0 Å². The highest BCUT2D eigenvalue weighted by Gasteiger charge is 2.23. The fourth-order valence-corrected chi connectivity index (χ4v) is 11.2. The molecule has 0 amide bonds. The largest absolute Gasteiger partial charge is 0.310 e. The Morgan fingerprint density at radius 3 is 1.00 bits per heavy atom. The summed E-state index contributed by atoms with van der Waals surface area (Å²) < 4.78 is 5.23. The van der Waals surface area contributed by atoms with Crippen LogP contribution in [0.1, 0.15) is 7.43 Å². The van der Waals surface area contributed by atoms with Crippen molar-refractivity contribution in [3.63, 3.8) is 0 Å². The lowest BCUT2D eigenvalue weighted by Crippen LogP contribution is -2.11. The van der Waals surface area contributed by atoms with Crippen LogP contribution in [0.3, 0.4) is 0 Å². The van der Waals surface area contributed by atoms with E-state index in [-0.39, 0.29) is 7.43 Å². The van der Waals surface area contributed by atoms with Crippen LogP contribution < -0.4 is 9.80 Å². The highest BCUT2D eigenvalue weighted by molar-refractivity contribution is 7.26. The third-order valence-corrected chi connectivity index (χ3v) is 13.9. The van der Waals surface area contributed by atoms with Gasteiger partial charge in [-0.15, -0.1) is 22.7 Å². The maximum absolute atomic E-state index is 2.45. The number of hydrogen-bond donors (Lipinski definition) is 0. The van der Waals surface area contributed by atoms with Crippen LogP contribution in [-0.4, -0.2) is 0 Å². The number of benzene rings is 10. The van der Waals surface area contributed by atoms with E-state index in [2.05, 4.69) is 216 Å². The van der Waals surface area contributed by atoms with E-state index in [0.717, 1.165) is 34.1 Å². The molecular weight excluding hydrogens is 753 g/mol. The van der Waals surface area contributed by atoms with E-state index in [1.807, 2.05) is 22.7 Å². The van der Waals surface area contributed by atoms with Crippen LogP contribution in [0.25, 0.3) is 72.7 Å². The number of hydrogen-bond acceptors (Lipinski definition) is 4. The van der Waals surface area contributed by atoms with E-state index in [1.165, 1.54) is 72.7 Å². The number of anilines is 6. The van der Waals surface area contributed by atoms with Crippen molar-refractivity contribution in [2.75, 3.05) is 9.80 Å². The molecule has 0 atom stereocenters. The van der Waals surface area contributed by atoms with E-state index in [1.54, 1.807) is 0 Å². The molecular formula is C55H38N2S2. The summed E-state index contributed by atoms with van der Waals surface area (Å²) >= 11 is 3.72. The van der Waals surface area contributed by atoms with Gasteiger partial charge in [0.15, 0.2) is 0 Å². The molecule has 10 aromatic carbocycles. The quantitative estimate of drug-likeness (QED) is 0.155. The van der Waals surface area contributed by atoms with Crippen molar-refractivity contribution in [3.05, 3.63) is 206 Å². The Labute approximate surface area is 351 Å². The molecule has 0 bridgehead atoms. The molecule has 0 radical (unpaired) electrons. The average Bonchev–Trinajstić information content (AvgIpc) is 3.85. The Bertz CT molecular complexity index is 3290. The zero-order chi connectivity index (χ0) is 38.2. The van der Waals surface area contributed by atoms with Crippen molar-refractivity contribution < 1.29 is 0 Å². The van der Waals surface area contributed by atoms with E-state index in [4.69, 9.17) is 0 Å². The van der Waals surface area contributed by atoms with E-state index < -0.39 is 0 Å². The zero-order valence-corrected chi connectivity index (χ0v) is 33.0. The molecule has 0 saturated carbocycles. The van der Waals surface area contributed by atoms with Gasteiger partial charge in [0.1, 0.15) is 0 Å². The summed E-state index contributed by atoms with van der Waals surface area (Å²) in [6, 6.07) is 75.9. The SMILES string of the molecule is C.c1ccc(N(c2ccc3sc4ccccc4c3c2)c2cc3c4ccccc4c(N(c4ccccc4)c4ccc5sc6ccccc6c5c4)cc3c3ccccc23)cc1. The van der Waals surface area contributed by atoms with Gasteiger partial charge < -0.3 is 9.80 Å². The van der Waals surface area contributed by atoms with Gasteiger partial charge in [0.2, 0.25) is 0 Å². The van der Waals surface area contributed by atoms with Gasteiger partial charge in [-0.3, -0.25) is 0 Å². The Morgan fingerprint density at radius 1 is 0.237 bits per heavy atom. The van der Waals surface area contributed by atoms with Crippen LogP contribution in [0.5, 0.6) is 0 Å². The van der Waals surface area contributed by atoms with Gasteiger partial charge in [0.05, 0.1) is 11.4 Å². The van der Waals surface area contributed by atoms with Crippen LogP contribution in [0.15, 0.2) is 206 Å². The van der Waals surface area contributed by atoms with Crippen LogP contribution in [0.4, 0.5) is 34.1 Å². The Morgan fingerprint density at radius 2 is 0.576 bits per heavy atom. The standard InChI is InChI=1S/C54H34N2S2.CH4/c1-3-15-35(16-4-1)55(37-27-29-53-47(31-37)43-23-11-13-25-51(43)57-53)49-33-45-40-20-8-10-22-42(40)50(34-46(45)39-19-7-9-21-41(39)49)56(36-17-5-2-6-18-36)38-28-30-54-48(32-38)44-24-12-14-26-52(44)58-54;/h1-34H;1H4. The second-order valence-electron chi connectivity index (χ2n) is 14.9. The summed E-state index contributed by atoms with van der Waals surface area (Å²) in [5.74, 6) is 0. The number of nitrogens with zero attached hydrogens (tertiary/aromatic N) is 2. The van der Waals surface area contributed by atoms with Crippen molar-refractivity contribution in [1.82, 2.24) is 0 Å². The number of para-hydroxylation sites is 2. The normalized spacial score (nSPS) is 11.6. The molecule has 12 aromatic rings. The van der Waals surface area contributed by atoms with Gasteiger partial charge in [-0.25, -0.2) is 0 Å². The molecule has 2 heterocycles. The molecule has 280 valence electrons. The van der Waals surface area contributed by atoms with Crippen LogP contribution >= 0.6 is 22.7 Å². The first-order valence-corrected chi connectivity index (χ1v) is 21.3. The third-order valence-electron chi connectivity index (χ3n) is 11.6. The highest BCUT2D eigenvalue weighted by atomic mass is 32.1. The molecule has 0 aliphatic rings. The molecule has 0 aliphatic carbocycles. The first-order chi connectivity index (χ1) is 28.8. The van der Waals surface area contributed by atoms with Gasteiger partial charge in [-0.05, 0) is 106 Å². The maximum Gasteiger partial charge on any atom is 0.0546 e. The fraction of sp³-hybridized carbons (Fsp3) is 0.0182. The third kappa shape index (κ3) is 5.67. The van der Waals surface area contributed by atoms with Gasteiger partial charge in [0.25, 0.3) is 0 Å². The highest BCUT2D eigenvalue weighted by Crippen LogP contribution is 2.49. The smallest absolute Gasteiger partial charge is 0.0546 e. The number of rotatable bonds is 6. The summed E-state index contributed by atoms with van der Waals surface area (Å²) in [5.41, 5.74) is 6.83. The minimum atomic E-state index is 0. The molecule has 0 spiro atoms. The van der Waals surface area contributed by atoms with Crippen molar-refractivity contribution >= 4 is 129 Å². The van der Waals surface area contributed by atoms with Gasteiger partial charge >= 0.3 is 0 Å². The Balaban J connectivity index is 0.00000397. The monoisotopic (exact) mass is 790 g/mol. The average molecular weight is 791 g/mol. The predicted octanol–water partition coefficient (Wildman–Crippen LogP) is 17.5. The van der Waals surface area contributed by atoms with Crippen molar-refractivity contribution in [2.24, 2.45) is 0 Å². The summed E-state index contributed by atoms with van der Waals surface area (Å²) in [7, 11) is 0. The fourth-order valence-electron chi connectivity index (χ4n) is 9.00. The van der Waals surface area contributed by atoms with E-state index >= 15 is 0 Å². The Hall–Kier alpha value is -6.98. The molecule has 12 rings (SSSR count). The molecule has 4 heteroatoms. The number of fused-ring (bicyclic) bond motifs is 11. The second-order valence-corrected chi connectivity index (χ2v) is 17.0. The first kappa shape index (κ1) is 35.2. The van der Waals surface area contributed by atoms with E-state index in [9.17, 15) is 0 Å². The molecule has 59 heavy (non-hydrogen) atoms. The Kier molecular flexibility index (Phi) is 8.44. The zero-order valence-electron chi connectivity index (χ0n) is 31.3. The molecule has 0 unspecified atom stereocenters. The molecule has 0 fully saturated rings. The lowest BCUT2D eigenvalue weighted by molar-refractivity contribution is 1.30. The van der Waals surface area contributed by atoms with Crippen LogP contribution in [0, 0.1) is 0 Å². The van der Waals surface area contributed by atoms with E-state index in [0.29, 0.717) is 0 Å². The molecule has 0 aliphatic heterocycles. The summed E-state index contributed by atoms with van der Waals surface area (Å²) in [5, 5.41) is 12.5. The molecule has 2 aromatic heterocycles. The maximum atomic E-state index is 2.45. The number of thiophene rings is 2. The lowest BCUT2D eigenvalue weighted by Gasteiger charge is -2.30. The summed E-state index contributed by atoms with van der Waals surface area (Å²) in [4.78, 5) is 4.90. The lowest BCUT2D eigenvalue weighted by atomic mass is 9.93. The van der Waals surface area contributed by atoms with Crippen molar-refractivity contribution in [1.29, 1.82) is 0 Å². The van der Waals surface area contributed by atoms with Gasteiger partial charge in [0, 0.05) is 73.9 Å². The first-order valence-electron chi connectivity index (χ1n) is 19.7. The van der Waals surface area contributed by atoms with Crippen molar-refractivity contribution in [2.45, 2.75) is 7.43 Å². The van der Waals surface area contributed by atoms with Gasteiger partial charge in [-0.1, -0.05) is 129 Å². The van der Waals surface area contributed by atoms with Crippen LogP contribution in [-0.2, 0) is 0 Å². The minimum absolute atomic E-state index is 0. The summed E-state index contributed by atoms with van der Waals surface area (Å²) in [6.07, 6.45) is 0.